The van der Waals surface area contributed by atoms with Gasteiger partial charge in [0.05, 0.1) is 0 Å². The first-order chi connectivity index (χ1) is 6.15. The Morgan fingerprint density at radius 1 is 1.46 bits per heavy atom. The van der Waals surface area contributed by atoms with E-state index in [0.29, 0.717) is 6.54 Å². The molecule has 0 bridgehead atoms. The number of amides is 1. The fourth-order valence-corrected chi connectivity index (χ4v) is 1.10. The van der Waals surface area contributed by atoms with Crippen molar-refractivity contribution in [3.05, 3.63) is 31.2 Å². The number of hydrogen-bond acceptors (Lipinski definition) is 2. The Bertz CT molecular complexity index is 292. The smallest absolute Gasteiger partial charge is 0.223 e. The quantitative estimate of drug-likeness (QED) is 0.746. The normalized spacial score (nSPS) is 9.69. The van der Waals surface area contributed by atoms with E-state index in [1.165, 1.54) is 11.8 Å². The summed E-state index contributed by atoms with van der Waals surface area (Å²) in [6, 6.07) is 6.45. The highest BCUT2D eigenvalue weighted by Gasteiger charge is 2.07. The van der Waals surface area contributed by atoms with Gasteiger partial charge in [0.15, 0.2) is 0 Å². The molecule has 1 aromatic rings. The van der Waals surface area contributed by atoms with E-state index in [1.54, 1.807) is 24.3 Å². The summed E-state index contributed by atoms with van der Waals surface area (Å²) in [5, 5.41) is 9.03. The van der Waals surface area contributed by atoms with Crippen molar-refractivity contribution in [2.75, 3.05) is 11.4 Å². The average Bonchev–Trinajstić information content (AvgIpc) is 2.09. The molecule has 0 aliphatic rings. The third kappa shape index (κ3) is 2.21. The van der Waals surface area contributed by atoms with Gasteiger partial charge in [0.25, 0.3) is 0 Å². The number of carbonyl (C=O) groups excluding carboxylic acids is 1. The zero-order chi connectivity index (χ0) is 9.84. The first-order valence-corrected chi connectivity index (χ1v) is 4.01. The molecule has 0 unspecified atom stereocenters. The van der Waals surface area contributed by atoms with E-state index in [0.717, 1.165) is 5.69 Å². The molecule has 0 saturated carbocycles. The summed E-state index contributed by atoms with van der Waals surface area (Å²) in [5.41, 5.74) is 0.750. The first kappa shape index (κ1) is 9.58. The minimum absolute atomic E-state index is 0.0549. The standard InChI is InChI=1S/C10H12NO2/c1-3-11(8(2)12)9-4-6-10(13)7-5-9/h4-7,13H,1,3H2,2H3. The molecular weight excluding hydrogens is 166 g/mol. The Hall–Kier alpha value is -1.51. The molecule has 0 heterocycles. The van der Waals surface area contributed by atoms with Crippen molar-refractivity contribution in [2.45, 2.75) is 6.92 Å². The van der Waals surface area contributed by atoms with Gasteiger partial charge in [-0.15, -0.1) is 0 Å². The number of aromatic hydroxyl groups is 1. The second kappa shape index (κ2) is 3.94. The third-order valence-electron chi connectivity index (χ3n) is 1.77. The van der Waals surface area contributed by atoms with Gasteiger partial charge in [-0.05, 0) is 31.2 Å². The lowest BCUT2D eigenvalue weighted by Crippen LogP contribution is -2.27. The van der Waals surface area contributed by atoms with Gasteiger partial charge in [-0.1, -0.05) is 0 Å². The minimum atomic E-state index is -0.0549. The Morgan fingerprint density at radius 3 is 2.38 bits per heavy atom. The van der Waals surface area contributed by atoms with E-state index in [-0.39, 0.29) is 11.7 Å². The molecule has 1 rings (SSSR count). The molecule has 0 spiro atoms. The number of hydrogen-bond donors (Lipinski definition) is 1. The molecule has 0 aromatic heterocycles. The van der Waals surface area contributed by atoms with Crippen LogP contribution in [0.1, 0.15) is 6.92 Å². The van der Waals surface area contributed by atoms with Crippen LogP contribution in [0.5, 0.6) is 5.75 Å². The Kier molecular flexibility index (Phi) is 2.90. The monoisotopic (exact) mass is 178 g/mol. The highest BCUT2D eigenvalue weighted by Crippen LogP contribution is 2.17. The predicted molar refractivity (Wildman–Crippen MR) is 51.5 cm³/mol. The second-order valence-corrected chi connectivity index (χ2v) is 2.69. The lowest BCUT2D eigenvalue weighted by atomic mass is 10.2. The van der Waals surface area contributed by atoms with Crippen LogP contribution in [0.4, 0.5) is 5.69 Å². The van der Waals surface area contributed by atoms with Gasteiger partial charge in [-0.25, -0.2) is 0 Å². The van der Waals surface area contributed by atoms with E-state index in [2.05, 4.69) is 6.92 Å². The van der Waals surface area contributed by atoms with E-state index >= 15 is 0 Å². The van der Waals surface area contributed by atoms with Crippen LogP contribution in [-0.4, -0.2) is 17.6 Å². The van der Waals surface area contributed by atoms with Crippen molar-refractivity contribution in [1.29, 1.82) is 0 Å². The summed E-state index contributed by atoms with van der Waals surface area (Å²) in [6.45, 7) is 5.52. The van der Waals surface area contributed by atoms with Crippen molar-refractivity contribution < 1.29 is 9.90 Å². The molecule has 1 aromatic carbocycles. The van der Waals surface area contributed by atoms with E-state index in [1.807, 2.05) is 0 Å². The summed E-state index contributed by atoms with van der Waals surface area (Å²) in [4.78, 5) is 12.6. The van der Waals surface area contributed by atoms with Gasteiger partial charge in [0.1, 0.15) is 5.75 Å². The number of benzene rings is 1. The van der Waals surface area contributed by atoms with Crippen molar-refractivity contribution in [1.82, 2.24) is 0 Å². The zero-order valence-electron chi connectivity index (χ0n) is 7.53. The number of anilines is 1. The fourth-order valence-electron chi connectivity index (χ4n) is 1.10. The highest BCUT2D eigenvalue weighted by molar-refractivity contribution is 5.91. The molecule has 0 atom stereocenters. The van der Waals surface area contributed by atoms with Crippen LogP contribution in [0.2, 0.25) is 0 Å². The van der Waals surface area contributed by atoms with Gasteiger partial charge in [-0.2, -0.15) is 0 Å². The maximum absolute atomic E-state index is 11.1. The Labute approximate surface area is 77.6 Å². The van der Waals surface area contributed by atoms with Crippen LogP contribution in [0, 0.1) is 6.92 Å². The Balaban J connectivity index is 2.92. The number of phenolic OH excluding ortho intramolecular Hbond substituents is 1. The largest absolute Gasteiger partial charge is 0.508 e. The summed E-state index contributed by atoms with van der Waals surface area (Å²) in [5.74, 6) is 0.136. The van der Waals surface area contributed by atoms with Gasteiger partial charge >= 0.3 is 0 Å². The Morgan fingerprint density at radius 2 is 2.00 bits per heavy atom. The maximum atomic E-state index is 11.1. The second-order valence-electron chi connectivity index (χ2n) is 2.69. The van der Waals surface area contributed by atoms with Gasteiger partial charge in [0, 0.05) is 19.2 Å². The predicted octanol–water partition coefficient (Wildman–Crippen LogP) is 1.58. The van der Waals surface area contributed by atoms with Crippen molar-refractivity contribution in [2.24, 2.45) is 0 Å². The van der Waals surface area contributed by atoms with Crippen LogP contribution in [0.3, 0.4) is 0 Å². The highest BCUT2D eigenvalue weighted by atomic mass is 16.3. The van der Waals surface area contributed by atoms with E-state index < -0.39 is 0 Å². The minimum Gasteiger partial charge on any atom is -0.508 e. The first-order valence-electron chi connectivity index (χ1n) is 4.01. The number of carbonyl (C=O) groups is 1. The van der Waals surface area contributed by atoms with Crippen molar-refractivity contribution >= 4 is 11.6 Å². The molecule has 13 heavy (non-hydrogen) atoms. The lowest BCUT2D eigenvalue weighted by Gasteiger charge is -2.18. The molecule has 0 saturated heterocycles. The topological polar surface area (TPSA) is 40.5 Å². The van der Waals surface area contributed by atoms with Crippen molar-refractivity contribution in [3.63, 3.8) is 0 Å². The number of nitrogens with zero attached hydrogens (tertiary/aromatic N) is 1. The summed E-state index contributed by atoms with van der Waals surface area (Å²) in [6.07, 6.45) is 0. The number of phenols is 1. The van der Waals surface area contributed by atoms with Crippen molar-refractivity contribution in [3.8, 4) is 5.75 Å². The lowest BCUT2D eigenvalue weighted by molar-refractivity contribution is -0.116. The molecule has 0 aliphatic heterocycles. The third-order valence-corrected chi connectivity index (χ3v) is 1.77. The van der Waals surface area contributed by atoms with Crippen LogP contribution in [0.15, 0.2) is 24.3 Å². The maximum Gasteiger partial charge on any atom is 0.223 e. The SMILES string of the molecule is [CH2]CN(C(C)=O)c1ccc(O)cc1. The zero-order valence-corrected chi connectivity index (χ0v) is 7.53. The van der Waals surface area contributed by atoms with E-state index in [9.17, 15) is 4.79 Å². The van der Waals surface area contributed by atoms with Gasteiger partial charge < -0.3 is 10.0 Å². The molecule has 1 amide bonds. The van der Waals surface area contributed by atoms with E-state index in [4.69, 9.17) is 5.11 Å². The fraction of sp³-hybridized carbons (Fsp3) is 0.200. The molecule has 1 N–H and O–H groups in total. The molecule has 69 valence electrons. The molecule has 3 nitrogen and oxygen atoms in total. The average molecular weight is 178 g/mol. The van der Waals surface area contributed by atoms with Crippen LogP contribution in [-0.2, 0) is 4.79 Å². The molecule has 0 aliphatic carbocycles. The molecule has 0 fully saturated rings. The van der Waals surface area contributed by atoms with Crippen LogP contribution < -0.4 is 4.90 Å². The molecule has 3 heteroatoms. The summed E-state index contributed by atoms with van der Waals surface area (Å²) >= 11 is 0. The van der Waals surface area contributed by atoms with Crippen LogP contribution >= 0.6 is 0 Å². The summed E-state index contributed by atoms with van der Waals surface area (Å²) in [7, 11) is 0. The molecular formula is C10H12NO2. The van der Waals surface area contributed by atoms with Gasteiger partial charge in [0.2, 0.25) is 5.91 Å². The van der Waals surface area contributed by atoms with Crippen LogP contribution in [0.25, 0.3) is 0 Å². The summed E-state index contributed by atoms with van der Waals surface area (Å²) < 4.78 is 0. The van der Waals surface area contributed by atoms with Gasteiger partial charge in [-0.3, -0.25) is 4.79 Å². The number of rotatable bonds is 2. The molecule has 1 radical (unpaired) electrons.